The third-order valence-corrected chi connectivity index (χ3v) is 10.4. The van der Waals surface area contributed by atoms with Crippen LogP contribution in [-0.2, 0) is 10.0 Å². The zero-order valence-corrected chi connectivity index (χ0v) is 25.0. The first-order valence-corrected chi connectivity index (χ1v) is 15.6. The summed E-state index contributed by atoms with van der Waals surface area (Å²) in [5.41, 5.74) is 1.04. The van der Waals surface area contributed by atoms with E-state index < -0.39 is 10.0 Å². The molecule has 1 aliphatic rings. The van der Waals surface area contributed by atoms with Gasteiger partial charge in [0.2, 0.25) is 10.0 Å². The smallest absolute Gasteiger partial charge is 0.260 e. The zero-order chi connectivity index (χ0) is 28.2. The van der Waals surface area contributed by atoms with Crippen LogP contribution in [0.15, 0.2) is 41.3 Å². The number of anilines is 1. The van der Waals surface area contributed by atoms with Crippen LogP contribution in [0.2, 0.25) is 0 Å². The Morgan fingerprint density at radius 1 is 1.00 bits per heavy atom. The maximum absolute atomic E-state index is 13.9. The fraction of sp³-hybridized carbons (Fsp3) is 0.500. The predicted molar refractivity (Wildman–Crippen MR) is 156 cm³/mol. The number of likely N-dealkylation sites (N-methyl/N-ethyl adjacent to an activating group) is 1. The van der Waals surface area contributed by atoms with Crippen LogP contribution < -0.4 is 14.4 Å². The number of carbonyl (C=O) groups is 1. The molecule has 9 nitrogen and oxygen atoms in total. The van der Waals surface area contributed by atoms with Gasteiger partial charge in [-0.15, -0.1) is 0 Å². The van der Waals surface area contributed by atoms with Crippen molar-refractivity contribution in [3.63, 3.8) is 0 Å². The van der Waals surface area contributed by atoms with Crippen LogP contribution in [0, 0.1) is 5.92 Å². The minimum atomic E-state index is -3.60. The first-order valence-electron chi connectivity index (χ1n) is 13.4. The molecule has 0 spiro atoms. The number of hydrogen-bond acceptors (Lipinski definition) is 8. The first kappa shape index (κ1) is 29.3. The first-order chi connectivity index (χ1) is 18.7. The lowest BCUT2D eigenvalue weighted by Crippen LogP contribution is -2.39. The van der Waals surface area contributed by atoms with Crippen molar-refractivity contribution in [2.24, 2.45) is 5.92 Å². The Morgan fingerprint density at radius 2 is 1.62 bits per heavy atom. The molecule has 1 aromatic heterocycles. The van der Waals surface area contributed by atoms with Crippen molar-refractivity contribution in [2.45, 2.75) is 38.5 Å². The fourth-order valence-electron chi connectivity index (χ4n) is 4.75. The molecule has 39 heavy (non-hydrogen) atoms. The Kier molecular flexibility index (Phi) is 9.47. The standard InChI is InChI=1S/C28H38N4O5S2/c1-6-30(7-2)18-19-32(28-29-25-23(36-4)12-13-24(37-5)26(25)38-28)27(33)21-8-10-22(11-9-21)39(34,35)31-16-14-20(3)15-17-31/h8-13,20H,6-7,14-19H2,1-5H3. The molecule has 2 aromatic carbocycles. The zero-order valence-electron chi connectivity index (χ0n) is 23.3. The van der Waals surface area contributed by atoms with Crippen molar-refractivity contribution in [3.8, 4) is 11.5 Å². The second-order valence-corrected chi connectivity index (χ2v) is 12.7. The van der Waals surface area contributed by atoms with Gasteiger partial charge in [0.25, 0.3) is 5.91 Å². The highest BCUT2D eigenvalue weighted by atomic mass is 32.2. The van der Waals surface area contributed by atoms with E-state index in [1.54, 1.807) is 41.6 Å². The Hall–Kier alpha value is -2.73. The molecule has 0 radical (unpaired) electrons. The van der Waals surface area contributed by atoms with Gasteiger partial charge in [0.1, 0.15) is 21.7 Å². The number of carbonyl (C=O) groups excluding carboxylic acids is 1. The summed E-state index contributed by atoms with van der Waals surface area (Å²) >= 11 is 1.37. The molecule has 212 valence electrons. The van der Waals surface area contributed by atoms with Gasteiger partial charge in [-0.2, -0.15) is 4.31 Å². The Bertz CT molecular complexity index is 1340. The maximum Gasteiger partial charge on any atom is 0.260 e. The van der Waals surface area contributed by atoms with E-state index in [9.17, 15) is 13.2 Å². The van der Waals surface area contributed by atoms with Gasteiger partial charge in [0.15, 0.2) is 5.13 Å². The van der Waals surface area contributed by atoms with Crippen molar-refractivity contribution in [2.75, 3.05) is 58.4 Å². The van der Waals surface area contributed by atoms with Gasteiger partial charge in [-0.1, -0.05) is 32.1 Å². The molecular weight excluding hydrogens is 536 g/mol. The molecule has 2 heterocycles. The van der Waals surface area contributed by atoms with E-state index in [0.29, 0.717) is 59.8 Å². The predicted octanol–water partition coefficient (Wildman–Crippen LogP) is 4.72. The number of aromatic nitrogens is 1. The molecule has 3 aromatic rings. The number of sulfonamides is 1. The van der Waals surface area contributed by atoms with Gasteiger partial charge < -0.3 is 14.4 Å². The minimum Gasteiger partial charge on any atom is -0.495 e. The van der Waals surface area contributed by atoms with E-state index in [-0.39, 0.29) is 10.8 Å². The van der Waals surface area contributed by atoms with Crippen molar-refractivity contribution in [3.05, 3.63) is 42.0 Å². The summed E-state index contributed by atoms with van der Waals surface area (Å²) in [5.74, 6) is 1.55. The molecule has 1 amide bonds. The van der Waals surface area contributed by atoms with E-state index in [1.165, 1.54) is 23.5 Å². The van der Waals surface area contributed by atoms with Crippen LogP contribution in [0.3, 0.4) is 0 Å². The molecule has 4 rings (SSSR count). The van der Waals surface area contributed by atoms with E-state index in [0.717, 1.165) is 30.6 Å². The molecule has 0 unspecified atom stereocenters. The number of benzene rings is 2. The molecule has 0 saturated carbocycles. The number of thiazole rings is 1. The minimum absolute atomic E-state index is 0.206. The molecule has 0 atom stereocenters. The van der Waals surface area contributed by atoms with E-state index in [4.69, 9.17) is 14.5 Å². The summed E-state index contributed by atoms with van der Waals surface area (Å²) in [4.78, 5) is 22.8. The number of rotatable bonds is 11. The van der Waals surface area contributed by atoms with Crippen LogP contribution in [0.4, 0.5) is 5.13 Å². The molecule has 11 heteroatoms. The van der Waals surface area contributed by atoms with Gasteiger partial charge in [0.05, 0.1) is 19.1 Å². The fourth-order valence-corrected chi connectivity index (χ4v) is 7.32. The van der Waals surface area contributed by atoms with Crippen molar-refractivity contribution >= 4 is 42.6 Å². The molecule has 0 bridgehead atoms. The summed E-state index contributed by atoms with van der Waals surface area (Å²) < 4.78 is 39.8. The highest BCUT2D eigenvalue weighted by Crippen LogP contribution is 2.40. The number of methoxy groups -OCH3 is 2. The Labute approximate surface area is 235 Å². The second-order valence-electron chi connectivity index (χ2n) is 9.74. The van der Waals surface area contributed by atoms with Gasteiger partial charge in [-0.25, -0.2) is 13.4 Å². The quantitative estimate of drug-likeness (QED) is 0.327. The van der Waals surface area contributed by atoms with Crippen LogP contribution in [0.5, 0.6) is 11.5 Å². The van der Waals surface area contributed by atoms with E-state index in [2.05, 4.69) is 25.7 Å². The van der Waals surface area contributed by atoms with Crippen molar-refractivity contribution in [1.82, 2.24) is 14.2 Å². The number of ether oxygens (including phenoxy) is 2. The average molecular weight is 575 g/mol. The Morgan fingerprint density at radius 3 is 2.21 bits per heavy atom. The summed E-state index contributed by atoms with van der Waals surface area (Å²) in [5, 5.41) is 0.532. The van der Waals surface area contributed by atoms with Crippen molar-refractivity contribution < 1.29 is 22.7 Å². The van der Waals surface area contributed by atoms with Gasteiger partial charge >= 0.3 is 0 Å². The molecule has 0 N–H and O–H groups in total. The van der Waals surface area contributed by atoms with Crippen LogP contribution >= 0.6 is 11.3 Å². The molecular formula is C28H38N4O5S2. The maximum atomic E-state index is 13.9. The lowest BCUT2D eigenvalue weighted by Gasteiger charge is -2.29. The van der Waals surface area contributed by atoms with Crippen molar-refractivity contribution in [1.29, 1.82) is 0 Å². The number of hydrogen-bond donors (Lipinski definition) is 0. The largest absolute Gasteiger partial charge is 0.495 e. The molecule has 1 fully saturated rings. The summed E-state index contributed by atoms with van der Waals surface area (Å²) in [7, 11) is -0.409. The third-order valence-electron chi connectivity index (χ3n) is 7.39. The van der Waals surface area contributed by atoms with Crippen LogP contribution in [-0.4, -0.2) is 82.0 Å². The topological polar surface area (TPSA) is 92.3 Å². The number of piperidine rings is 1. The number of fused-ring (bicyclic) bond motifs is 1. The summed E-state index contributed by atoms with van der Waals surface area (Å²) in [6, 6.07) is 9.89. The highest BCUT2D eigenvalue weighted by molar-refractivity contribution is 7.89. The molecule has 1 saturated heterocycles. The second kappa shape index (κ2) is 12.6. The Balaban J connectivity index is 1.66. The normalized spacial score (nSPS) is 15.1. The molecule has 0 aliphatic carbocycles. The SMILES string of the molecule is CCN(CC)CCN(C(=O)c1ccc(S(=O)(=O)N2CCC(C)CC2)cc1)c1nc2c(OC)ccc(OC)c2s1. The molecule has 1 aliphatic heterocycles. The monoisotopic (exact) mass is 574 g/mol. The van der Waals surface area contributed by atoms with Crippen LogP contribution in [0.25, 0.3) is 10.2 Å². The highest BCUT2D eigenvalue weighted by Gasteiger charge is 2.29. The van der Waals surface area contributed by atoms with Gasteiger partial charge in [0, 0.05) is 31.7 Å². The van der Waals surface area contributed by atoms with Gasteiger partial charge in [-0.05, 0) is 68.2 Å². The third kappa shape index (κ3) is 6.21. The summed E-state index contributed by atoms with van der Waals surface area (Å²) in [6.45, 7) is 10.2. The van der Waals surface area contributed by atoms with E-state index >= 15 is 0 Å². The lowest BCUT2D eigenvalue weighted by molar-refractivity contribution is 0.0983. The van der Waals surface area contributed by atoms with E-state index in [1.807, 2.05) is 6.07 Å². The average Bonchev–Trinajstić information content (AvgIpc) is 3.40. The summed E-state index contributed by atoms with van der Waals surface area (Å²) in [6.07, 6.45) is 1.71. The lowest BCUT2D eigenvalue weighted by atomic mass is 10.0. The van der Waals surface area contributed by atoms with Gasteiger partial charge in [-0.3, -0.25) is 9.69 Å². The van der Waals surface area contributed by atoms with Crippen LogP contribution in [0.1, 0.15) is 44.0 Å². The number of nitrogens with zero attached hydrogens (tertiary/aromatic N) is 4. The number of amides is 1.